The van der Waals surface area contributed by atoms with Crippen molar-refractivity contribution in [2.45, 2.75) is 32.2 Å². The number of likely N-dealkylation sites (tertiary alicyclic amines) is 1. The highest BCUT2D eigenvalue weighted by atomic mass is 35.5. The van der Waals surface area contributed by atoms with Gasteiger partial charge in [-0.3, -0.25) is 9.59 Å². The molecule has 0 spiro atoms. The molecule has 2 heterocycles. The topological polar surface area (TPSA) is 66.1 Å². The molecule has 1 N–H and O–H groups in total. The first-order valence-corrected chi connectivity index (χ1v) is 8.55. The van der Waals surface area contributed by atoms with E-state index in [4.69, 9.17) is 23.2 Å². The maximum absolute atomic E-state index is 12.5. The van der Waals surface area contributed by atoms with E-state index in [0.717, 1.165) is 12.8 Å². The molecular weight excluding hydrogens is 349 g/mol. The fraction of sp³-hybridized carbons (Fsp3) is 0.353. The van der Waals surface area contributed by atoms with E-state index in [0.29, 0.717) is 34.4 Å². The van der Waals surface area contributed by atoms with Gasteiger partial charge in [0.15, 0.2) is 0 Å². The first-order chi connectivity index (χ1) is 11.5. The van der Waals surface area contributed by atoms with Crippen molar-refractivity contribution in [3.05, 3.63) is 61.7 Å². The zero-order valence-electron chi connectivity index (χ0n) is 13.2. The Balaban J connectivity index is 1.85. The molecule has 1 aliphatic rings. The van der Waals surface area contributed by atoms with Gasteiger partial charge in [-0.05, 0) is 37.5 Å². The second kappa shape index (κ2) is 6.95. The number of halogens is 2. The molecule has 1 amide bonds. The smallest absolute Gasteiger partial charge is 0.263 e. The molecule has 24 heavy (non-hydrogen) atoms. The Morgan fingerprint density at radius 1 is 1.38 bits per heavy atom. The number of benzene rings is 1. The predicted molar refractivity (Wildman–Crippen MR) is 93.9 cm³/mol. The number of hydrogen-bond acceptors (Lipinski definition) is 3. The molecule has 1 saturated heterocycles. The number of nitrogens with one attached hydrogen (secondary N) is 1. The van der Waals surface area contributed by atoms with Crippen LogP contribution in [0.2, 0.25) is 10.0 Å². The summed E-state index contributed by atoms with van der Waals surface area (Å²) in [6.07, 6.45) is 3.55. The van der Waals surface area contributed by atoms with Crippen LogP contribution in [-0.2, 0) is 6.42 Å². The zero-order valence-corrected chi connectivity index (χ0v) is 14.7. The minimum Gasteiger partial charge on any atom is -0.336 e. The van der Waals surface area contributed by atoms with E-state index in [1.54, 1.807) is 23.1 Å². The van der Waals surface area contributed by atoms with Gasteiger partial charge in [-0.15, -0.1) is 0 Å². The third-order valence-corrected chi connectivity index (χ3v) is 5.01. The molecule has 126 valence electrons. The van der Waals surface area contributed by atoms with Gasteiger partial charge < -0.3 is 9.88 Å². The summed E-state index contributed by atoms with van der Waals surface area (Å²) in [7, 11) is 0. The molecule has 1 atom stereocenters. The Kier molecular flexibility index (Phi) is 4.92. The second-order valence-corrected chi connectivity index (χ2v) is 6.75. The lowest BCUT2D eigenvalue weighted by atomic mass is 10.1. The Morgan fingerprint density at radius 3 is 2.67 bits per heavy atom. The molecule has 1 aliphatic heterocycles. The summed E-state index contributed by atoms with van der Waals surface area (Å²) in [5.74, 6) is 0.150. The molecule has 3 rings (SSSR count). The van der Waals surface area contributed by atoms with E-state index in [1.807, 2.05) is 6.92 Å². The number of aromatic amines is 1. The molecule has 0 aliphatic carbocycles. The molecule has 1 fully saturated rings. The normalized spacial score (nSPS) is 17.3. The van der Waals surface area contributed by atoms with E-state index >= 15 is 0 Å². The van der Waals surface area contributed by atoms with Crippen molar-refractivity contribution in [2.24, 2.45) is 0 Å². The van der Waals surface area contributed by atoms with Crippen LogP contribution in [0.1, 0.15) is 41.5 Å². The van der Waals surface area contributed by atoms with Gasteiger partial charge in [0.05, 0.1) is 0 Å². The molecule has 2 aromatic rings. The standard InChI is InChI=1S/C17H17Cl2N3O2/c1-10-4-3-7-22(10)17(24)12-9-20-15(21-16(12)23)8-11-13(18)5-2-6-14(11)19/h2,5-6,9-10H,3-4,7-8H2,1H3,(H,20,21,23)/t10-/m0/s1. The van der Waals surface area contributed by atoms with Gasteiger partial charge in [0.25, 0.3) is 11.5 Å². The van der Waals surface area contributed by atoms with Crippen molar-refractivity contribution >= 4 is 29.1 Å². The molecule has 0 saturated carbocycles. The number of nitrogens with zero attached hydrogens (tertiary/aromatic N) is 2. The Bertz CT molecular complexity index is 815. The highest BCUT2D eigenvalue weighted by Crippen LogP contribution is 2.25. The van der Waals surface area contributed by atoms with Crippen molar-refractivity contribution in [3.8, 4) is 0 Å². The quantitative estimate of drug-likeness (QED) is 0.907. The summed E-state index contributed by atoms with van der Waals surface area (Å²) >= 11 is 12.3. The molecule has 0 unspecified atom stereocenters. The Morgan fingerprint density at radius 2 is 2.08 bits per heavy atom. The fourth-order valence-electron chi connectivity index (χ4n) is 2.93. The van der Waals surface area contributed by atoms with Crippen molar-refractivity contribution in [1.82, 2.24) is 14.9 Å². The summed E-state index contributed by atoms with van der Waals surface area (Å²) < 4.78 is 0. The molecule has 1 aromatic heterocycles. The van der Waals surface area contributed by atoms with Crippen molar-refractivity contribution < 1.29 is 4.79 Å². The van der Waals surface area contributed by atoms with Crippen LogP contribution in [0.25, 0.3) is 0 Å². The average Bonchev–Trinajstić information content (AvgIpc) is 2.97. The van der Waals surface area contributed by atoms with E-state index in [2.05, 4.69) is 9.97 Å². The van der Waals surface area contributed by atoms with Crippen LogP contribution in [0, 0.1) is 0 Å². The van der Waals surface area contributed by atoms with E-state index < -0.39 is 5.56 Å². The van der Waals surface area contributed by atoms with Gasteiger partial charge in [-0.2, -0.15) is 0 Å². The van der Waals surface area contributed by atoms with Crippen LogP contribution in [0.3, 0.4) is 0 Å². The van der Waals surface area contributed by atoms with Crippen LogP contribution in [0.15, 0.2) is 29.2 Å². The number of carbonyl (C=O) groups is 1. The van der Waals surface area contributed by atoms with Crippen LogP contribution in [-0.4, -0.2) is 33.4 Å². The number of carbonyl (C=O) groups excluding carboxylic acids is 1. The molecule has 7 heteroatoms. The third kappa shape index (κ3) is 3.32. The van der Waals surface area contributed by atoms with Crippen LogP contribution >= 0.6 is 23.2 Å². The van der Waals surface area contributed by atoms with Crippen LogP contribution in [0.4, 0.5) is 0 Å². The molecule has 5 nitrogen and oxygen atoms in total. The molecule has 0 radical (unpaired) electrons. The molecule has 0 bridgehead atoms. The van der Waals surface area contributed by atoms with Gasteiger partial charge >= 0.3 is 0 Å². The van der Waals surface area contributed by atoms with Gasteiger partial charge in [-0.25, -0.2) is 4.98 Å². The first kappa shape index (κ1) is 17.0. The minimum atomic E-state index is -0.438. The van der Waals surface area contributed by atoms with Gasteiger partial charge in [-0.1, -0.05) is 29.3 Å². The maximum Gasteiger partial charge on any atom is 0.263 e. The van der Waals surface area contributed by atoms with E-state index in [-0.39, 0.29) is 17.5 Å². The number of aromatic nitrogens is 2. The lowest BCUT2D eigenvalue weighted by Gasteiger charge is -2.20. The van der Waals surface area contributed by atoms with Crippen LogP contribution < -0.4 is 5.56 Å². The number of amides is 1. The van der Waals surface area contributed by atoms with Crippen molar-refractivity contribution in [2.75, 3.05) is 6.54 Å². The zero-order chi connectivity index (χ0) is 17.3. The summed E-state index contributed by atoms with van der Waals surface area (Å²) in [5.41, 5.74) is 0.321. The number of rotatable bonds is 3. The first-order valence-electron chi connectivity index (χ1n) is 7.79. The monoisotopic (exact) mass is 365 g/mol. The largest absolute Gasteiger partial charge is 0.336 e. The Hall–Kier alpha value is -1.85. The van der Waals surface area contributed by atoms with Crippen LogP contribution in [0.5, 0.6) is 0 Å². The summed E-state index contributed by atoms with van der Waals surface area (Å²) in [6.45, 7) is 2.66. The summed E-state index contributed by atoms with van der Waals surface area (Å²) in [5, 5.41) is 1.02. The number of hydrogen-bond donors (Lipinski definition) is 1. The SMILES string of the molecule is C[C@H]1CCCN1C(=O)c1cnc(Cc2c(Cl)cccc2Cl)[nH]c1=O. The lowest BCUT2D eigenvalue weighted by molar-refractivity contribution is 0.0745. The maximum atomic E-state index is 12.5. The van der Waals surface area contributed by atoms with E-state index in [1.165, 1.54) is 6.20 Å². The molecule has 1 aromatic carbocycles. The lowest BCUT2D eigenvalue weighted by Crippen LogP contribution is -2.37. The number of H-pyrrole nitrogens is 1. The fourth-order valence-corrected chi connectivity index (χ4v) is 3.46. The highest BCUT2D eigenvalue weighted by molar-refractivity contribution is 6.36. The third-order valence-electron chi connectivity index (χ3n) is 4.30. The molecular formula is C17H17Cl2N3O2. The van der Waals surface area contributed by atoms with Crippen molar-refractivity contribution in [1.29, 1.82) is 0 Å². The summed E-state index contributed by atoms with van der Waals surface area (Å²) in [4.78, 5) is 33.4. The van der Waals surface area contributed by atoms with Gasteiger partial charge in [0.2, 0.25) is 0 Å². The average molecular weight is 366 g/mol. The second-order valence-electron chi connectivity index (χ2n) is 5.94. The highest BCUT2D eigenvalue weighted by Gasteiger charge is 2.27. The van der Waals surface area contributed by atoms with Crippen molar-refractivity contribution in [3.63, 3.8) is 0 Å². The summed E-state index contributed by atoms with van der Waals surface area (Å²) in [6, 6.07) is 5.36. The van der Waals surface area contributed by atoms with Gasteiger partial charge in [0.1, 0.15) is 11.4 Å². The van der Waals surface area contributed by atoms with Gasteiger partial charge in [0, 0.05) is 35.2 Å². The van der Waals surface area contributed by atoms with E-state index in [9.17, 15) is 9.59 Å². The Labute approximate surface area is 149 Å². The predicted octanol–water partition coefficient (Wildman–Crippen LogP) is 3.29. The minimum absolute atomic E-state index is 0.0674.